The summed E-state index contributed by atoms with van der Waals surface area (Å²) in [5.41, 5.74) is 1.26. The largest absolute Gasteiger partial charge is 0.497 e. The molecule has 0 amide bonds. The lowest BCUT2D eigenvalue weighted by Crippen LogP contribution is -2.26. The first kappa shape index (κ1) is 12.0. The Kier molecular flexibility index (Phi) is 5.15. The Morgan fingerprint density at radius 2 is 2.13 bits per heavy atom. The summed E-state index contributed by atoms with van der Waals surface area (Å²) < 4.78 is 5.16. The van der Waals surface area contributed by atoms with Crippen molar-refractivity contribution < 1.29 is 4.74 Å². The van der Waals surface area contributed by atoms with Crippen LogP contribution in [-0.2, 0) is 6.54 Å². The number of ether oxygens (including phenoxy) is 1. The van der Waals surface area contributed by atoms with Gasteiger partial charge < -0.3 is 15.0 Å². The number of benzene rings is 1. The number of methoxy groups -OCH3 is 1. The van der Waals surface area contributed by atoms with Gasteiger partial charge >= 0.3 is 0 Å². The number of nitrogens with one attached hydrogen (secondary N) is 1. The van der Waals surface area contributed by atoms with Gasteiger partial charge in [-0.05, 0) is 31.8 Å². The normalized spacial score (nSPS) is 10.7. The topological polar surface area (TPSA) is 24.5 Å². The lowest BCUT2D eigenvalue weighted by Gasteiger charge is -2.10. The predicted molar refractivity (Wildman–Crippen MR) is 63.3 cm³/mol. The highest BCUT2D eigenvalue weighted by molar-refractivity contribution is 5.28. The van der Waals surface area contributed by atoms with Crippen molar-refractivity contribution in [3.63, 3.8) is 0 Å². The Balaban J connectivity index is 2.30. The number of likely N-dealkylation sites (N-methyl/N-ethyl adjacent to an activating group) is 1. The highest BCUT2D eigenvalue weighted by Crippen LogP contribution is 2.11. The van der Waals surface area contributed by atoms with E-state index in [1.807, 2.05) is 12.1 Å². The van der Waals surface area contributed by atoms with Crippen LogP contribution in [0, 0.1) is 0 Å². The molecule has 0 heterocycles. The van der Waals surface area contributed by atoms with E-state index in [4.69, 9.17) is 4.74 Å². The van der Waals surface area contributed by atoms with E-state index in [1.165, 1.54) is 5.56 Å². The molecule has 1 N–H and O–H groups in total. The van der Waals surface area contributed by atoms with Crippen molar-refractivity contribution in [1.82, 2.24) is 10.2 Å². The lowest BCUT2D eigenvalue weighted by atomic mass is 10.2. The maximum atomic E-state index is 5.16. The van der Waals surface area contributed by atoms with Gasteiger partial charge in [-0.25, -0.2) is 0 Å². The van der Waals surface area contributed by atoms with E-state index in [1.54, 1.807) is 7.11 Å². The highest BCUT2D eigenvalue weighted by Gasteiger charge is 1.95. The van der Waals surface area contributed by atoms with Gasteiger partial charge in [0.25, 0.3) is 0 Å². The molecule has 0 radical (unpaired) electrons. The van der Waals surface area contributed by atoms with E-state index in [-0.39, 0.29) is 0 Å². The Bertz CT molecular complexity index is 287. The van der Waals surface area contributed by atoms with Gasteiger partial charge in [-0.2, -0.15) is 0 Å². The van der Waals surface area contributed by atoms with Crippen molar-refractivity contribution in [3.05, 3.63) is 29.8 Å². The molecule has 1 aromatic rings. The van der Waals surface area contributed by atoms with Crippen molar-refractivity contribution in [2.24, 2.45) is 0 Å². The van der Waals surface area contributed by atoms with Crippen LogP contribution >= 0.6 is 0 Å². The quantitative estimate of drug-likeness (QED) is 0.714. The van der Waals surface area contributed by atoms with Gasteiger partial charge in [-0.1, -0.05) is 12.1 Å². The highest BCUT2D eigenvalue weighted by atomic mass is 16.5. The molecule has 3 nitrogen and oxygen atoms in total. The maximum Gasteiger partial charge on any atom is 0.119 e. The second-order valence-electron chi connectivity index (χ2n) is 3.83. The molecule has 0 aliphatic carbocycles. The van der Waals surface area contributed by atoms with Crippen LogP contribution in [0.15, 0.2) is 24.3 Å². The molecule has 1 rings (SSSR count). The van der Waals surface area contributed by atoms with Gasteiger partial charge in [0.15, 0.2) is 0 Å². The van der Waals surface area contributed by atoms with Crippen molar-refractivity contribution in [2.45, 2.75) is 6.54 Å². The molecule has 1 aromatic carbocycles. The Morgan fingerprint density at radius 1 is 1.33 bits per heavy atom. The monoisotopic (exact) mass is 208 g/mol. The van der Waals surface area contributed by atoms with Crippen LogP contribution in [0.2, 0.25) is 0 Å². The van der Waals surface area contributed by atoms with Crippen LogP contribution in [0.1, 0.15) is 5.56 Å². The van der Waals surface area contributed by atoms with Gasteiger partial charge in [0.2, 0.25) is 0 Å². The SMILES string of the molecule is COc1cccc(CNCCN(C)C)c1. The van der Waals surface area contributed by atoms with E-state index in [0.29, 0.717) is 0 Å². The zero-order valence-corrected chi connectivity index (χ0v) is 9.79. The molecule has 0 unspecified atom stereocenters. The Labute approximate surface area is 92.0 Å². The fourth-order valence-corrected chi connectivity index (χ4v) is 1.32. The van der Waals surface area contributed by atoms with Crippen molar-refractivity contribution in [2.75, 3.05) is 34.3 Å². The Morgan fingerprint density at radius 3 is 2.80 bits per heavy atom. The van der Waals surface area contributed by atoms with Crippen LogP contribution in [0.5, 0.6) is 5.75 Å². The third kappa shape index (κ3) is 4.81. The first-order valence-electron chi connectivity index (χ1n) is 5.21. The van der Waals surface area contributed by atoms with Gasteiger partial charge in [-0.3, -0.25) is 0 Å². The minimum absolute atomic E-state index is 0.894. The van der Waals surface area contributed by atoms with E-state index in [9.17, 15) is 0 Å². The minimum atomic E-state index is 0.894. The summed E-state index contributed by atoms with van der Waals surface area (Å²) >= 11 is 0. The van der Waals surface area contributed by atoms with Crippen molar-refractivity contribution in [1.29, 1.82) is 0 Å². The molecule has 0 aliphatic heterocycles. The summed E-state index contributed by atoms with van der Waals surface area (Å²) in [7, 11) is 5.85. The van der Waals surface area contributed by atoms with Crippen LogP contribution < -0.4 is 10.1 Å². The third-order valence-electron chi connectivity index (χ3n) is 2.20. The van der Waals surface area contributed by atoms with Crippen molar-refractivity contribution in [3.8, 4) is 5.75 Å². The summed E-state index contributed by atoms with van der Waals surface area (Å²) in [6.07, 6.45) is 0. The molecule has 0 saturated heterocycles. The number of hydrogen-bond donors (Lipinski definition) is 1. The summed E-state index contributed by atoms with van der Waals surface area (Å²) in [5.74, 6) is 0.918. The fourth-order valence-electron chi connectivity index (χ4n) is 1.32. The van der Waals surface area contributed by atoms with E-state index < -0.39 is 0 Å². The number of hydrogen-bond acceptors (Lipinski definition) is 3. The second-order valence-corrected chi connectivity index (χ2v) is 3.83. The summed E-state index contributed by atoms with van der Waals surface area (Å²) in [4.78, 5) is 2.17. The van der Waals surface area contributed by atoms with Gasteiger partial charge in [0.1, 0.15) is 5.75 Å². The molecule has 0 aliphatic rings. The van der Waals surface area contributed by atoms with Crippen LogP contribution in [0.4, 0.5) is 0 Å². The molecule has 0 saturated carbocycles. The molecular weight excluding hydrogens is 188 g/mol. The Hall–Kier alpha value is -1.06. The van der Waals surface area contributed by atoms with Gasteiger partial charge in [-0.15, -0.1) is 0 Å². The average Bonchev–Trinajstić information content (AvgIpc) is 2.24. The molecule has 84 valence electrons. The summed E-state index contributed by atoms with van der Waals surface area (Å²) in [6.45, 7) is 2.96. The molecular formula is C12H20N2O. The lowest BCUT2D eigenvalue weighted by molar-refractivity contribution is 0.399. The predicted octanol–water partition coefficient (Wildman–Crippen LogP) is 1.35. The average molecular weight is 208 g/mol. The number of nitrogens with zero attached hydrogens (tertiary/aromatic N) is 1. The standard InChI is InChI=1S/C12H20N2O/c1-14(2)8-7-13-10-11-5-4-6-12(9-11)15-3/h4-6,9,13H,7-8,10H2,1-3H3. The summed E-state index contributed by atoms with van der Waals surface area (Å²) in [5, 5.41) is 3.39. The molecule has 0 bridgehead atoms. The smallest absolute Gasteiger partial charge is 0.119 e. The first-order valence-corrected chi connectivity index (χ1v) is 5.21. The van der Waals surface area contributed by atoms with Crippen molar-refractivity contribution >= 4 is 0 Å². The minimum Gasteiger partial charge on any atom is -0.497 e. The molecule has 15 heavy (non-hydrogen) atoms. The second kappa shape index (κ2) is 6.43. The van der Waals surface area contributed by atoms with Crippen LogP contribution in [0.25, 0.3) is 0 Å². The summed E-state index contributed by atoms with van der Waals surface area (Å²) in [6, 6.07) is 8.14. The van der Waals surface area contributed by atoms with Gasteiger partial charge in [0.05, 0.1) is 7.11 Å². The first-order chi connectivity index (χ1) is 7.22. The molecule has 0 fully saturated rings. The maximum absolute atomic E-state index is 5.16. The van der Waals surface area contributed by atoms with Crippen LogP contribution in [0.3, 0.4) is 0 Å². The fraction of sp³-hybridized carbons (Fsp3) is 0.500. The van der Waals surface area contributed by atoms with Crippen LogP contribution in [-0.4, -0.2) is 39.2 Å². The third-order valence-corrected chi connectivity index (χ3v) is 2.20. The number of rotatable bonds is 6. The van der Waals surface area contributed by atoms with E-state index >= 15 is 0 Å². The van der Waals surface area contributed by atoms with E-state index in [2.05, 4.69) is 36.4 Å². The molecule has 3 heteroatoms. The molecule has 0 spiro atoms. The zero-order valence-electron chi connectivity index (χ0n) is 9.79. The molecule has 0 atom stereocenters. The molecule has 0 aromatic heterocycles. The van der Waals surface area contributed by atoms with Gasteiger partial charge in [0, 0.05) is 19.6 Å². The van der Waals surface area contributed by atoms with E-state index in [0.717, 1.165) is 25.4 Å². The zero-order chi connectivity index (χ0) is 11.1.